The number of piperazine rings is 1. The van der Waals surface area contributed by atoms with Crippen LogP contribution in [0.3, 0.4) is 0 Å². The van der Waals surface area contributed by atoms with E-state index < -0.39 is 0 Å². The molecule has 1 N–H and O–H groups in total. The van der Waals surface area contributed by atoms with Gasteiger partial charge in [0.25, 0.3) is 0 Å². The van der Waals surface area contributed by atoms with Gasteiger partial charge in [-0.3, -0.25) is 9.59 Å². The van der Waals surface area contributed by atoms with Crippen LogP contribution in [-0.4, -0.2) is 47.4 Å². The van der Waals surface area contributed by atoms with E-state index in [0.29, 0.717) is 18.9 Å². The molecule has 5 heteroatoms. The molecule has 2 atom stereocenters. The molecule has 4 nitrogen and oxygen atoms in total. The standard InChI is InChI=1S/C15H28N2O2S/c1-5-13-14(18)16-12(10-11(2)3)15(19)17(13)8-6-7-9-20-4/h11-13H,5-10H2,1-4H3,(H,16,18). The van der Waals surface area contributed by atoms with E-state index in [1.807, 2.05) is 23.6 Å². The Hall–Kier alpha value is -0.710. The first kappa shape index (κ1) is 17.3. The topological polar surface area (TPSA) is 49.4 Å². The molecule has 20 heavy (non-hydrogen) atoms. The van der Waals surface area contributed by atoms with Gasteiger partial charge in [-0.2, -0.15) is 11.8 Å². The van der Waals surface area contributed by atoms with Crippen LogP contribution >= 0.6 is 11.8 Å². The molecule has 0 aromatic heterocycles. The number of hydrogen-bond donors (Lipinski definition) is 1. The van der Waals surface area contributed by atoms with E-state index in [-0.39, 0.29) is 23.9 Å². The first-order chi connectivity index (χ1) is 9.51. The fraction of sp³-hybridized carbons (Fsp3) is 0.867. The summed E-state index contributed by atoms with van der Waals surface area (Å²) in [6.07, 6.45) is 5.58. The van der Waals surface area contributed by atoms with Crippen molar-refractivity contribution in [3.63, 3.8) is 0 Å². The van der Waals surface area contributed by atoms with E-state index in [1.165, 1.54) is 0 Å². The third-order valence-corrected chi connectivity index (χ3v) is 4.36. The minimum absolute atomic E-state index is 0.0163. The molecule has 0 saturated carbocycles. The first-order valence-electron chi connectivity index (χ1n) is 7.61. The molecule has 0 aromatic rings. The molecule has 1 heterocycles. The number of hydrogen-bond acceptors (Lipinski definition) is 3. The summed E-state index contributed by atoms with van der Waals surface area (Å²) in [5, 5.41) is 2.90. The van der Waals surface area contributed by atoms with Gasteiger partial charge in [0, 0.05) is 6.54 Å². The van der Waals surface area contributed by atoms with Crippen molar-refractivity contribution >= 4 is 23.6 Å². The second kappa shape index (κ2) is 8.55. The lowest BCUT2D eigenvalue weighted by molar-refractivity contribution is -0.150. The Morgan fingerprint density at radius 1 is 1.30 bits per heavy atom. The van der Waals surface area contributed by atoms with Crippen LogP contribution in [0.25, 0.3) is 0 Å². The quantitative estimate of drug-likeness (QED) is 0.700. The SMILES string of the molecule is CCC1C(=O)NC(CC(C)C)C(=O)N1CCCCSC. The van der Waals surface area contributed by atoms with Gasteiger partial charge in [-0.05, 0) is 43.6 Å². The minimum Gasteiger partial charge on any atom is -0.342 e. The molecule has 1 aliphatic heterocycles. The molecular formula is C15H28N2O2S. The van der Waals surface area contributed by atoms with Gasteiger partial charge in [0.1, 0.15) is 12.1 Å². The zero-order valence-electron chi connectivity index (χ0n) is 13.1. The lowest BCUT2D eigenvalue weighted by Crippen LogP contribution is -2.63. The average molecular weight is 300 g/mol. The Bertz CT molecular complexity index is 334. The summed E-state index contributed by atoms with van der Waals surface area (Å²) in [5.41, 5.74) is 0. The zero-order valence-corrected chi connectivity index (χ0v) is 14.0. The van der Waals surface area contributed by atoms with Crippen molar-refractivity contribution in [1.29, 1.82) is 0 Å². The predicted octanol–water partition coefficient (Wildman–Crippen LogP) is 2.28. The van der Waals surface area contributed by atoms with E-state index in [1.54, 1.807) is 0 Å². The zero-order chi connectivity index (χ0) is 15.1. The Morgan fingerprint density at radius 3 is 2.55 bits per heavy atom. The number of nitrogens with one attached hydrogen (secondary N) is 1. The van der Waals surface area contributed by atoms with Crippen molar-refractivity contribution in [1.82, 2.24) is 10.2 Å². The third kappa shape index (κ3) is 4.69. The highest BCUT2D eigenvalue weighted by Crippen LogP contribution is 2.18. The van der Waals surface area contributed by atoms with Crippen molar-refractivity contribution in [2.24, 2.45) is 5.92 Å². The maximum absolute atomic E-state index is 12.5. The van der Waals surface area contributed by atoms with Crippen molar-refractivity contribution in [3.8, 4) is 0 Å². The average Bonchev–Trinajstić information content (AvgIpc) is 2.39. The van der Waals surface area contributed by atoms with Crippen molar-refractivity contribution < 1.29 is 9.59 Å². The molecule has 2 unspecified atom stereocenters. The Labute approximate surface area is 127 Å². The lowest BCUT2D eigenvalue weighted by Gasteiger charge is -2.39. The van der Waals surface area contributed by atoms with Crippen molar-refractivity contribution in [2.45, 2.75) is 58.5 Å². The second-order valence-electron chi connectivity index (χ2n) is 5.85. The van der Waals surface area contributed by atoms with Crippen LogP contribution in [0, 0.1) is 5.92 Å². The van der Waals surface area contributed by atoms with Crippen LogP contribution in [0.2, 0.25) is 0 Å². The number of carbonyl (C=O) groups is 2. The fourth-order valence-electron chi connectivity index (χ4n) is 2.66. The number of nitrogens with zero attached hydrogens (tertiary/aromatic N) is 1. The van der Waals surface area contributed by atoms with E-state index in [9.17, 15) is 9.59 Å². The first-order valence-corrected chi connectivity index (χ1v) is 9.00. The highest BCUT2D eigenvalue weighted by molar-refractivity contribution is 7.98. The number of thioether (sulfide) groups is 1. The smallest absolute Gasteiger partial charge is 0.245 e. The van der Waals surface area contributed by atoms with Gasteiger partial charge in [-0.25, -0.2) is 0 Å². The summed E-state index contributed by atoms with van der Waals surface area (Å²) >= 11 is 1.82. The van der Waals surface area contributed by atoms with Crippen molar-refractivity contribution in [2.75, 3.05) is 18.6 Å². The largest absolute Gasteiger partial charge is 0.342 e. The molecule has 1 rings (SSSR count). The Morgan fingerprint density at radius 2 is 2.00 bits per heavy atom. The summed E-state index contributed by atoms with van der Waals surface area (Å²) in [7, 11) is 0. The summed E-state index contributed by atoms with van der Waals surface area (Å²) in [5.74, 6) is 1.64. The molecule has 116 valence electrons. The molecule has 0 bridgehead atoms. The minimum atomic E-state index is -0.328. The van der Waals surface area contributed by atoms with Gasteiger partial charge in [-0.15, -0.1) is 0 Å². The maximum Gasteiger partial charge on any atom is 0.245 e. The highest BCUT2D eigenvalue weighted by atomic mass is 32.2. The highest BCUT2D eigenvalue weighted by Gasteiger charge is 2.39. The lowest BCUT2D eigenvalue weighted by atomic mass is 9.97. The Balaban J connectivity index is 2.67. The molecule has 0 spiro atoms. The van der Waals surface area contributed by atoms with E-state index >= 15 is 0 Å². The molecule has 0 aliphatic carbocycles. The number of rotatable bonds is 8. The van der Waals surface area contributed by atoms with Gasteiger partial charge in [-0.1, -0.05) is 20.8 Å². The Kier molecular flexibility index (Phi) is 7.41. The van der Waals surface area contributed by atoms with Gasteiger partial charge < -0.3 is 10.2 Å². The number of amides is 2. The van der Waals surface area contributed by atoms with E-state index in [4.69, 9.17) is 0 Å². The van der Waals surface area contributed by atoms with E-state index in [0.717, 1.165) is 25.0 Å². The second-order valence-corrected chi connectivity index (χ2v) is 6.83. The molecule has 2 amide bonds. The summed E-state index contributed by atoms with van der Waals surface area (Å²) in [4.78, 5) is 26.5. The summed E-state index contributed by atoms with van der Waals surface area (Å²) in [6, 6.07) is -0.606. The molecule has 0 radical (unpaired) electrons. The normalized spacial score (nSPS) is 23.4. The third-order valence-electron chi connectivity index (χ3n) is 3.67. The number of carbonyl (C=O) groups excluding carboxylic acids is 2. The van der Waals surface area contributed by atoms with Gasteiger partial charge >= 0.3 is 0 Å². The van der Waals surface area contributed by atoms with Crippen molar-refractivity contribution in [3.05, 3.63) is 0 Å². The summed E-state index contributed by atoms with van der Waals surface area (Å²) in [6.45, 7) is 6.83. The van der Waals surface area contributed by atoms with Gasteiger partial charge in [0.05, 0.1) is 0 Å². The number of unbranched alkanes of at least 4 members (excludes halogenated alkanes) is 1. The summed E-state index contributed by atoms with van der Waals surface area (Å²) < 4.78 is 0. The van der Waals surface area contributed by atoms with Crippen LogP contribution in [0.15, 0.2) is 0 Å². The van der Waals surface area contributed by atoms with Crippen LogP contribution in [0.4, 0.5) is 0 Å². The monoisotopic (exact) mass is 300 g/mol. The van der Waals surface area contributed by atoms with Gasteiger partial charge in [0.2, 0.25) is 11.8 Å². The van der Waals surface area contributed by atoms with Crippen LogP contribution in [0.5, 0.6) is 0 Å². The molecule has 1 saturated heterocycles. The molecule has 0 aromatic carbocycles. The molecule has 1 fully saturated rings. The van der Waals surface area contributed by atoms with Crippen LogP contribution < -0.4 is 5.32 Å². The molecular weight excluding hydrogens is 272 g/mol. The molecule has 1 aliphatic rings. The fourth-order valence-corrected chi connectivity index (χ4v) is 3.15. The van der Waals surface area contributed by atoms with Gasteiger partial charge in [0.15, 0.2) is 0 Å². The maximum atomic E-state index is 12.5. The van der Waals surface area contributed by atoms with Crippen LogP contribution in [-0.2, 0) is 9.59 Å². The predicted molar refractivity (Wildman–Crippen MR) is 84.8 cm³/mol. The van der Waals surface area contributed by atoms with E-state index in [2.05, 4.69) is 25.4 Å². The van der Waals surface area contributed by atoms with Crippen LogP contribution in [0.1, 0.15) is 46.5 Å².